The molecule has 5 aromatic rings. The van der Waals surface area contributed by atoms with Crippen molar-refractivity contribution in [3.63, 3.8) is 0 Å². The van der Waals surface area contributed by atoms with Crippen LogP contribution in [0.1, 0.15) is 106 Å². The summed E-state index contributed by atoms with van der Waals surface area (Å²) in [5, 5.41) is 8.69. The topological polar surface area (TPSA) is 191 Å². The van der Waals surface area contributed by atoms with Crippen LogP contribution < -0.4 is 15.6 Å². The van der Waals surface area contributed by atoms with Gasteiger partial charge in [-0.2, -0.15) is 0 Å². The predicted octanol–water partition coefficient (Wildman–Crippen LogP) is 6.33. The summed E-state index contributed by atoms with van der Waals surface area (Å²) in [5.41, 5.74) is 11.7. The monoisotopic (exact) mass is 1110 g/mol. The third kappa shape index (κ3) is 10.6. The number of carbonyl (C=O) groups excluding carboxylic acids is 3. The van der Waals surface area contributed by atoms with Crippen molar-refractivity contribution in [1.82, 2.24) is 50.1 Å². The molecule has 4 aromatic heterocycles. The van der Waals surface area contributed by atoms with E-state index >= 15 is 4.79 Å². The Hall–Kier alpha value is -5.45. The number of nitrogens with zero attached hydrogens (tertiary/aromatic N) is 9. The first-order valence-corrected chi connectivity index (χ1v) is 30.2. The van der Waals surface area contributed by atoms with Crippen molar-refractivity contribution in [3.8, 4) is 22.5 Å². The fraction of sp³-hybridized carbons (Fsp3) is 0.617. The van der Waals surface area contributed by atoms with Gasteiger partial charge in [-0.25, -0.2) is 20.4 Å². The number of piperazine rings is 1. The highest BCUT2D eigenvalue weighted by Crippen LogP contribution is 2.53. The number of ether oxygens (including phenoxy) is 5. The molecule has 6 bridgehead atoms. The molecule has 426 valence electrons. The summed E-state index contributed by atoms with van der Waals surface area (Å²) in [7, 11) is 1.75. The third-order valence-corrected chi connectivity index (χ3v) is 19.5. The van der Waals surface area contributed by atoms with E-state index in [0.717, 1.165) is 114 Å². The normalized spacial score (nSPS) is 27.8. The van der Waals surface area contributed by atoms with Crippen LogP contribution in [-0.4, -0.2) is 174 Å². The Labute approximate surface area is 472 Å². The number of thiazole rings is 1. The van der Waals surface area contributed by atoms with Gasteiger partial charge in [0.25, 0.3) is 5.91 Å². The largest absolute Gasteiger partial charge is 0.464 e. The molecule has 5 aliphatic heterocycles. The van der Waals surface area contributed by atoms with Gasteiger partial charge in [-0.05, 0) is 87.6 Å². The number of fused-ring (bicyclic) bond motifs is 6. The minimum atomic E-state index is -1.06. The minimum absolute atomic E-state index is 0.00690. The minimum Gasteiger partial charge on any atom is -0.464 e. The molecule has 3 saturated carbocycles. The van der Waals surface area contributed by atoms with E-state index in [1.54, 1.807) is 13.3 Å². The quantitative estimate of drug-likeness (QED) is 0.124. The average molecular weight is 1110 g/mol. The van der Waals surface area contributed by atoms with Crippen LogP contribution >= 0.6 is 11.3 Å². The molecule has 1 spiro atoms. The van der Waals surface area contributed by atoms with Gasteiger partial charge in [0.2, 0.25) is 5.91 Å². The van der Waals surface area contributed by atoms with Gasteiger partial charge in [0, 0.05) is 127 Å². The number of rotatable bonds is 13. The molecular weight excluding hydrogens is 1030 g/mol. The molecule has 9 heterocycles. The summed E-state index contributed by atoms with van der Waals surface area (Å²) in [5.74, 6) is -1.48. The number of anilines is 1. The Bertz CT molecular complexity index is 3090. The zero-order valence-corrected chi connectivity index (χ0v) is 47.8. The van der Waals surface area contributed by atoms with Crippen molar-refractivity contribution in [2.24, 2.45) is 22.7 Å². The van der Waals surface area contributed by atoms with Gasteiger partial charge < -0.3 is 38.5 Å². The van der Waals surface area contributed by atoms with Gasteiger partial charge in [-0.3, -0.25) is 34.2 Å². The SMILES string of the molecule is CO[C@@H](C)c1ncc(N2CCN(C3CC3)CC2)cc1-c1c2c3cc(ccc3n1CCOC1CC3(COC3)C1)-c1csc(n1)[C@@H](N1CCOCC1)[C@H](NC(=O)[C@@H]1[C@@H](C)[C@H]1c1ccncn1)C(=O)N1CCC[C@H](N1)C(=O)OCC(C)(C)C2. The van der Waals surface area contributed by atoms with Crippen molar-refractivity contribution >= 4 is 45.7 Å². The molecule has 19 nitrogen and oxygen atoms in total. The number of hydrogen-bond donors (Lipinski definition) is 2. The van der Waals surface area contributed by atoms with E-state index in [2.05, 4.69) is 90.4 Å². The smallest absolute Gasteiger partial charge is 0.324 e. The lowest BCUT2D eigenvalue weighted by Crippen LogP contribution is -2.63. The van der Waals surface area contributed by atoms with E-state index in [4.69, 9.17) is 33.7 Å². The van der Waals surface area contributed by atoms with Gasteiger partial charge in [0.1, 0.15) is 23.4 Å². The van der Waals surface area contributed by atoms with Crippen molar-refractivity contribution < 1.29 is 38.1 Å². The number of hydrazine groups is 1. The van der Waals surface area contributed by atoms with E-state index in [1.807, 2.05) is 19.2 Å². The summed E-state index contributed by atoms with van der Waals surface area (Å²) in [4.78, 5) is 71.3. The van der Waals surface area contributed by atoms with Crippen LogP contribution in [0.15, 0.2) is 54.4 Å². The number of carbonyl (C=O) groups is 3. The number of amides is 2. The summed E-state index contributed by atoms with van der Waals surface area (Å²) in [6.45, 7) is 17.6. The summed E-state index contributed by atoms with van der Waals surface area (Å²) >= 11 is 1.50. The number of cyclic esters (lactones) is 1. The highest BCUT2D eigenvalue weighted by molar-refractivity contribution is 7.10. The molecule has 7 atom stereocenters. The third-order valence-electron chi connectivity index (χ3n) is 18.6. The lowest BCUT2D eigenvalue weighted by molar-refractivity contribution is -0.209. The molecule has 8 aliphatic rings. The maximum absolute atomic E-state index is 15.4. The Balaban J connectivity index is 0.934. The Morgan fingerprint density at radius 2 is 1.77 bits per heavy atom. The highest BCUT2D eigenvalue weighted by atomic mass is 32.1. The van der Waals surface area contributed by atoms with E-state index in [-0.39, 0.29) is 47.9 Å². The van der Waals surface area contributed by atoms with Gasteiger partial charge in [-0.15, -0.1) is 11.3 Å². The standard InChI is InChI=1S/C60H77N11O8S/c1-36-49(45-12-13-61-35-63-45)50(36)55(72)65-52-54(69-19-22-76-23-20-69)56-64-47(31-80-56)38-8-11-48-42(25-38)44(29-59(3,4)32-79-58(74)46-7-6-14-71(66-46)57(52)73)53(70(48)21-24-78-41-27-60(28-41)33-77-34-60)43-26-40(30-62-51(43)37(2)75-5)68-17-15-67(16-18-68)39-9-10-39/h8,11-13,25-26,30-31,35-37,39,41,46,49-50,52,54,66H,6-7,9-10,14-24,27-29,32-34H2,1-5H3,(H,65,72)/t36-,37-,46-,49-,50+,52-,54-/m0/s1. The van der Waals surface area contributed by atoms with Crippen molar-refractivity contribution in [1.29, 1.82) is 0 Å². The van der Waals surface area contributed by atoms with E-state index in [9.17, 15) is 9.59 Å². The van der Waals surface area contributed by atoms with Crippen LogP contribution in [0.2, 0.25) is 0 Å². The molecule has 1 aromatic carbocycles. The molecule has 20 heteroatoms. The van der Waals surface area contributed by atoms with Crippen LogP contribution in [-0.2, 0) is 51.0 Å². The molecule has 80 heavy (non-hydrogen) atoms. The number of pyridine rings is 1. The average Bonchev–Trinajstić information content (AvgIpc) is 4.43. The molecule has 13 rings (SSSR count). The van der Waals surface area contributed by atoms with Crippen LogP contribution in [0.5, 0.6) is 0 Å². The molecule has 0 unspecified atom stereocenters. The first-order chi connectivity index (χ1) is 38.8. The van der Waals surface area contributed by atoms with Crippen molar-refractivity contribution in [2.75, 3.05) is 97.5 Å². The maximum Gasteiger partial charge on any atom is 0.324 e. The van der Waals surface area contributed by atoms with Gasteiger partial charge in [-0.1, -0.05) is 26.8 Å². The fourth-order valence-electron chi connectivity index (χ4n) is 13.8. The number of nitrogens with one attached hydrogen (secondary N) is 2. The number of esters is 1. The lowest BCUT2D eigenvalue weighted by Gasteiger charge is -2.52. The number of benzene rings is 1. The molecule has 0 radical (unpaired) electrons. The Morgan fingerprint density at radius 1 is 0.963 bits per heavy atom. The summed E-state index contributed by atoms with van der Waals surface area (Å²) in [6, 6.07) is 9.07. The van der Waals surface area contributed by atoms with Crippen LogP contribution in [0.25, 0.3) is 33.4 Å². The molecule has 4 saturated heterocycles. The summed E-state index contributed by atoms with van der Waals surface area (Å²) in [6.07, 6.45) is 11.3. The first kappa shape index (κ1) is 53.8. The number of aromatic nitrogens is 5. The molecule has 2 N–H and O–H groups in total. The second kappa shape index (κ2) is 22.0. The zero-order valence-electron chi connectivity index (χ0n) is 46.9. The first-order valence-electron chi connectivity index (χ1n) is 29.3. The van der Waals surface area contributed by atoms with Gasteiger partial charge in [0.15, 0.2) is 0 Å². The van der Waals surface area contributed by atoms with Crippen LogP contribution in [0, 0.1) is 22.7 Å². The maximum atomic E-state index is 15.4. The van der Waals surface area contributed by atoms with Gasteiger partial charge in [0.05, 0.1) is 86.9 Å². The van der Waals surface area contributed by atoms with E-state index in [0.29, 0.717) is 70.3 Å². The number of morpholine rings is 1. The number of hydrogen-bond acceptors (Lipinski definition) is 17. The zero-order chi connectivity index (χ0) is 54.9. The Morgan fingerprint density at radius 3 is 2.51 bits per heavy atom. The van der Waals surface area contributed by atoms with Crippen LogP contribution in [0.3, 0.4) is 0 Å². The van der Waals surface area contributed by atoms with Crippen molar-refractivity contribution in [2.45, 2.75) is 121 Å². The second-order valence-electron chi connectivity index (χ2n) is 24.8. The predicted molar refractivity (Wildman–Crippen MR) is 302 cm³/mol. The van der Waals surface area contributed by atoms with Gasteiger partial charge >= 0.3 is 5.97 Å². The molecule has 3 aliphatic carbocycles. The lowest BCUT2D eigenvalue weighted by atomic mass is 9.65. The highest BCUT2D eigenvalue weighted by Gasteiger charge is 2.55. The van der Waals surface area contributed by atoms with Crippen molar-refractivity contribution in [3.05, 3.63) is 76.4 Å². The number of methoxy groups -OCH3 is 1. The summed E-state index contributed by atoms with van der Waals surface area (Å²) < 4.78 is 33.2. The van der Waals surface area contributed by atoms with E-state index < -0.39 is 35.4 Å². The fourth-order valence-corrected chi connectivity index (χ4v) is 14.8. The molecule has 2 amide bonds. The van der Waals surface area contributed by atoms with E-state index in [1.165, 1.54) is 35.5 Å². The Kier molecular flexibility index (Phi) is 14.8. The second-order valence-corrected chi connectivity index (χ2v) is 25.7. The van der Waals surface area contributed by atoms with Crippen LogP contribution in [0.4, 0.5) is 5.69 Å². The molecular formula is C60H77N11O8S. The molecule has 7 fully saturated rings.